The molecule has 156 valence electrons. The van der Waals surface area contributed by atoms with Gasteiger partial charge in [-0.3, -0.25) is 0 Å². The highest BCUT2D eigenvalue weighted by Crippen LogP contribution is 2.34. The van der Waals surface area contributed by atoms with Gasteiger partial charge in [-0.2, -0.15) is 5.10 Å². The third-order valence-electron chi connectivity index (χ3n) is 4.50. The van der Waals surface area contributed by atoms with Gasteiger partial charge in [0, 0.05) is 27.5 Å². The molecule has 0 spiro atoms. The van der Waals surface area contributed by atoms with E-state index in [9.17, 15) is 9.90 Å². The van der Waals surface area contributed by atoms with Crippen LogP contribution in [0.1, 0.15) is 34.8 Å². The summed E-state index contributed by atoms with van der Waals surface area (Å²) < 4.78 is 0.589. The second kappa shape index (κ2) is 10.4. The first-order valence-electron chi connectivity index (χ1n) is 9.34. The molecule has 0 aliphatic heterocycles. The van der Waals surface area contributed by atoms with Gasteiger partial charge < -0.3 is 5.11 Å². The Balaban J connectivity index is 1.80. The van der Waals surface area contributed by atoms with Gasteiger partial charge >= 0.3 is 5.97 Å². The van der Waals surface area contributed by atoms with Crippen LogP contribution in [-0.2, 0) is 6.42 Å². The summed E-state index contributed by atoms with van der Waals surface area (Å²) in [6.07, 6.45) is 3.53. The number of thiazole rings is 1. The summed E-state index contributed by atoms with van der Waals surface area (Å²) in [4.78, 5) is 16.0. The zero-order chi connectivity index (χ0) is 21.7. The summed E-state index contributed by atoms with van der Waals surface area (Å²) in [5.74, 6) is -0.984. The number of carbonyl (C=O) groups is 1. The maximum atomic E-state index is 11.3. The fraction of sp³-hybridized carbons (Fsp3) is 0.227. The number of nitrogens with zero attached hydrogens (tertiary/aromatic N) is 3. The van der Waals surface area contributed by atoms with Gasteiger partial charge in [0.05, 0.1) is 22.5 Å². The van der Waals surface area contributed by atoms with Crippen molar-refractivity contribution in [3.8, 4) is 11.3 Å². The van der Waals surface area contributed by atoms with E-state index in [0.29, 0.717) is 14.6 Å². The molecule has 1 unspecified atom stereocenters. The molecule has 1 heterocycles. The summed E-state index contributed by atoms with van der Waals surface area (Å²) in [6, 6.07) is 12.8. The highest BCUT2D eigenvalue weighted by Gasteiger charge is 2.14. The number of halogens is 2. The number of carboxylic acid groups (broad SMARTS) is 1. The predicted octanol–water partition coefficient (Wildman–Crippen LogP) is 6.39. The lowest BCUT2D eigenvalue weighted by molar-refractivity contribution is 0.0696. The first kappa shape index (κ1) is 22.7. The zero-order valence-electron chi connectivity index (χ0n) is 16.5. The molecule has 3 rings (SSSR count). The fourth-order valence-corrected chi connectivity index (χ4v) is 4.24. The molecule has 0 bridgehead atoms. The Bertz CT molecular complexity index is 1070. The number of hydrogen-bond donors (Lipinski definition) is 1. The Morgan fingerprint density at radius 3 is 2.83 bits per heavy atom. The largest absolute Gasteiger partial charge is 0.478 e. The van der Waals surface area contributed by atoms with Gasteiger partial charge in [0.15, 0.2) is 0 Å². The lowest BCUT2D eigenvalue weighted by Gasteiger charge is -2.10. The maximum absolute atomic E-state index is 11.3. The van der Waals surface area contributed by atoms with Crippen molar-refractivity contribution in [2.45, 2.75) is 23.7 Å². The van der Waals surface area contributed by atoms with Gasteiger partial charge in [-0.15, -0.1) is 11.3 Å². The number of aromatic carboxylic acids is 1. The maximum Gasteiger partial charge on any atom is 0.336 e. The summed E-state index contributed by atoms with van der Waals surface area (Å²) >= 11 is 10.5. The van der Waals surface area contributed by atoms with Gasteiger partial charge in [-0.25, -0.2) is 14.8 Å². The molecule has 8 heteroatoms. The van der Waals surface area contributed by atoms with Crippen molar-refractivity contribution < 1.29 is 9.90 Å². The minimum absolute atomic E-state index is 0.207. The standard InChI is InChI=1S/C22H21ClIN3O2S/c1-14(24)10-11-15-7-5-9-18(20(15)23)19-13-30-22(26-19)27(2)25-12-16-6-3-4-8-17(16)21(28)29/h3-9,12-14H,10-11H2,1-2H3,(H,28,29)/b25-12+. The lowest BCUT2D eigenvalue weighted by atomic mass is 10.0. The Morgan fingerprint density at radius 2 is 2.10 bits per heavy atom. The van der Waals surface area contributed by atoms with E-state index in [2.05, 4.69) is 45.7 Å². The van der Waals surface area contributed by atoms with Crippen molar-refractivity contribution in [1.82, 2.24) is 4.98 Å². The minimum atomic E-state index is -0.984. The Morgan fingerprint density at radius 1 is 1.33 bits per heavy atom. The molecule has 0 saturated heterocycles. The van der Waals surface area contributed by atoms with Gasteiger partial charge in [-0.1, -0.05) is 77.5 Å². The molecule has 1 atom stereocenters. The first-order valence-corrected chi connectivity index (χ1v) is 11.8. The molecule has 0 amide bonds. The number of hydrogen-bond acceptors (Lipinski definition) is 5. The topological polar surface area (TPSA) is 65.8 Å². The van der Waals surface area contributed by atoms with E-state index in [1.54, 1.807) is 36.3 Å². The molecule has 3 aromatic rings. The third kappa shape index (κ3) is 5.59. The van der Waals surface area contributed by atoms with Crippen molar-refractivity contribution in [3.63, 3.8) is 0 Å². The van der Waals surface area contributed by atoms with Gasteiger partial charge in [0.25, 0.3) is 0 Å². The number of anilines is 1. The number of benzene rings is 2. The summed E-state index contributed by atoms with van der Waals surface area (Å²) in [6.45, 7) is 2.19. The third-order valence-corrected chi connectivity index (χ3v) is 6.47. The van der Waals surface area contributed by atoms with Crippen LogP contribution in [0.5, 0.6) is 0 Å². The van der Waals surface area contributed by atoms with Crippen LogP contribution in [0.25, 0.3) is 11.3 Å². The molecule has 0 fully saturated rings. The molecule has 2 aromatic carbocycles. The average molecular weight is 554 g/mol. The lowest BCUT2D eigenvalue weighted by Crippen LogP contribution is -2.10. The Kier molecular flexibility index (Phi) is 7.85. The molecule has 0 aliphatic carbocycles. The number of rotatable bonds is 8. The average Bonchev–Trinajstić information content (AvgIpc) is 3.21. The van der Waals surface area contributed by atoms with Crippen LogP contribution >= 0.6 is 45.5 Å². The number of alkyl halides is 1. The van der Waals surface area contributed by atoms with Crippen LogP contribution in [0, 0.1) is 0 Å². The van der Waals surface area contributed by atoms with Crippen LogP contribution in [0.2, 0.25) is 5.02 Å². The molecule has 1 N–H and O–H groups in total. The van der Waals surface area contributed by atoms with E-state index in [4.69, 9.17) is 11.6 Å². The van der Waals surface area contributed by atoms with Crippen LogP contribution in [0.3, 0.4) is 0 Å². The van der Waals surface area contributed by atoms with Crippen molar-refractivity contribution in [2.24, 2.45) is 5.10 Å². The molecule has 5 nitrogen and oxygen atoms in total. The highest BCUT2D eigenvalue weighted by atomic mass is 127. The quantitative estimate of drug-likeness (QED) is 0.152. The van der Waals surface area contributed by atoms with Crippen molar-refractivity contribution in [2.75, 3.05) is 12.1 Å². The predicted molar refractivity (Wildman–Crippen MR) is 134 cm³/mol. The number of aryl methyl sites for hydroxylation is 1. The number of hydrazone groups is 1. The molecular weight excluding hydrogens is 533 g/mol. The SMILES string of the molecule is CC(I)CCc1cccc(-c2csc(N(C)/N=C/c3ccccc3C(=O)O)n2)c1Cl. The number of carboxylic acids is 1. The summed E-state index contributed by atoms with van der Waals surface area (Å²) in [7, 11) is 1.78. The van der Waals surface area contributed by atoms with Gasteiger partial charge in [0.2, 0.25) is 5.13 Å². The first-order chi connectivity index (χ1) is 14.4. The second-order valence-corrected chi connectivity index (χ2v) is 10.1. The van der Waals surface area contributed by atoms with Crippen molar-refractivity contribution in [3.05, 3.63) is 69.6 Å². The van der Waals surface area contributed by atoms with Crippen LogP contribution in [0.4, 0.5) is 5.13 Å². The smallest absolute Gasteiger partial charge is 0.336 e. The second-order valence-electron chi connectivity index (χ2n) is 6.77. The monoisotopic (exact) mass is 553 g/mol. The van der Waals surface area contributed by atoms with Gasteiger partial charge in [0.1, 0.15) is 0 Å². The van der Waals surface area contributed by atoms with Crippen LogP contribution in [0.15, 0.2) is 52.9 Å². The number of aromatic nitrogens is 1. The molecular formula is C22H21ClIN3O2S. The minimum Gasteiger partial charge on any atom is -0.478 e. The molecule has 0 aliphatic rings. The van der Waals surface area contributed by atoms with E-state index in [1.165, 1.54) is 17.6 Å². The normalized spacial score (nSPS) is 12.3. The molecule has 0 radical (unpaired) electrons. The van der Waals surface area contributed by atoms with Crippen LogP contribution < -0.4 is 5.01 Å². The summed E-state index contributed by atoms with van der Waals surface area (Å²) in [5, 5.41) is 18.7. The Labute approximate surface area is 198 Å². The van der Waals surface area contributed by atoms with Crippen molar-refractivity contribution in [1.29, 1.82) is 0 Å². The van der Waals surface area contributed by atoms with Crippen LogP contribution in [-0.4, -0.2) is 33.2 Å². The fourth-order valence-electron chi connectivity index (χ4n) is 2.86. The molecule has 1 aromatic heterocycles. The molecule has 0 saturated carbocycles. The van der Waals surface area contributed by atoms with E-state index < -0.39 is 5.97 Å². The highest BCUT2D eigenvalue weighted by molar-refractivity contribution is 14.1. The van der Waals surface area contributed by atoms with E-state index >= 15 is 0 Å². The van der Waals surface area contributed by atoms with E-state index in [-0.39, 0.29) is 5.56 Å². The van der Waals surface area contributed by atoms with Gasteiger partial charge in [-0.05, 0) is 24.5 Å². The van der Waals surface area contributed by atoms with Crippen molar-refractivity contribution >= 4 is 62.8 Å². The molecule has 30 heavy (non-hydrogen) atoms. The summed E-state index contributed by atoms with van der Waals surface area (Å²) in [5.41, 5.74) is 3.58. The van der Waals surface area contributed by atoms with E-state index in [0.717, 1.165) is 34.7 Å². The van der Waals surface area contributed by atoms with E-state index in [1.807, 2.05) is 17.5 Å². The zero-order valence-corrected chi connectivity index (χ0v) is 20.3. The Hall–Kier alpha value is -1.97.